The van der Waals surface area contributed by atoms with Crippen molar-refractivity contribution in [3.8, 4) is 0 Å². The van der Waals surface area contributed by atoms with E-state index in [9.17, 15) is 4.79 Å². The van der Waals surface area contributed by atoms with E-state index >= 15 is 0 Å². The largest absolute Gasteiger partial charge is 0.467 e. The first-order valence-corrected chi connectivity index (χ1v) is 8.25. The summed E-state index contributed by atoms with van der Waals surface area (Å²) in [5.74, 6) is 1.19. The number of carbonyl (C=O) groups is 1. The van der Waals surface area contributed by atoms with Gasteiger partial charge in [0.1, 0.15) is 5.76 Å². The number of nitrogens with zero attached hydrogens (tertiary/aromatic N) is 1. The van der Waals surface area contributed by atoms with Gasteiger partial charge in [0.05, 0.1) is 12.8 Å². The topological polar surface area (TPSA) is 45.5 Å². The number of furan rings is 1. The van der Waals surface area contributed by atoms with E-state index in [1.54, 1.807) is 6.26 Å². The molecule has 4 nitrogen and oxygen atoms in total. The van der Waals surface area contributed by atoms with Crippen LogP contribution in [-0.2, 0) is 6.54 Å². The van der Waals surface area contributed by atoms with Crippen molar-refractivity contribution >= 4 is 11.7 Å². The van der Waals surface area contributed by atoms with Crippen molar-refractivity contribution in [2.24, 2.45) is 0 Å². The number of rotatable bonds is 5. The van der Waals surface area contributed by atoms with E-state index in [0.717, 1.165) is 29.9 Å². The van der Waals surface area contributed by atoms with Gasteiger partial charge in [-0.2, -0.15) is 0 Å². The summed E-state index contributed by atoms with van der Waals surface area (Å²) in [6.45, 7) is 6.85. The molecule has 0 unspecified atom stereocenters. The van der Waals surface area contributed by atoms with E-state index in [2.05, 4.69) is 25.2 Å². The Morgan fingerprint density at radius 3 is 2.70 bits per heavy atom. The summed E-state index contributed by atoms with van der Waals surface area (Å²) in [5.41, 5.74) is 3.21. The molecule has 1 N–H and O–H groups in total. The van der Waals surface area contributed by atoms with Crippen LogP contribution in [0.25, 0.3) is 0 Å². The van der Waals surface area contributed by atoms with Crippen LogP contribution in [0.4, 0.5) is 10.5 Å². The van der Waals surface area contributed by atoms with Crippen molar-refractivity contribution in [3.05, 3.63) is 53.5 Å². The van der Waals surface area contributed by atoms with Crippen LogP contribution in [-0.4, -0.2) is 17.0 Å². The molecular weight excluding hydrogens is 288 g/mol. The van der Waals surface area contributed by atoms with Gasteiger partial charge in [-0.05, 0) is 48.9 Å². The summed E-state index contributed by atoms with van der Waals surface area (Å²) < 4.78 is 5.41. The highest BCUT2D eigenvalue weighted by Gasteiger charge is 2.33. The minimum Gasteiger partial charge on any atom is -0.467 e. The predicted molar refractivity (Wildman–Crippen MR) is 91.6 cm³/mol. The molecule has 0 spiro atoms. The molecule has 1 fully saturated rings. The second kappa shape index (κ2) is 6.49. The molecular formula is C19H24N2O2. The molecule has 1 saturated carbocycles. The molecule has 1 aromatic carbocycles. The van der Waals surface area contributed by atoms with Gasteiger partial charge in [0.15, 0.2) is 0 Å². The second-order valence-corrected chi connectivity index (χ2v) is 6.56. The normalized spacial score (nSPS) is 14.1. The molecule has 1 aliphatic carbocycles. The third kappa shape index (κ3) is 3.58. The number of carbonyl (C=O) groups excluding carboxylic acids is 1. The molecule has 0 aliphatic heterocycles. The van der Waals surface area contributed by atoms with Gasteiger partial charge in [-0.3, -0.25) is 0 Å². The Labute approximate surface area is 137 Å². The fraction of sp³-hybridized carbons (Fsp3) is 0.421. The van der Waals surface area contributed by atoms with Crippen molar-refractivity contribution < 1.29 is 9.21 Å². The number of benzene rings is 1. The zero-order chi connectivity index (χ0) is 16.4. The van der Waals surface area contributed by atoms with Crippen molar-refractivity contribution in [3.63, 3.8) is 0 Å². The number of hydrogen-bond donors (Lipinski definition) is 1. The molecule has 0 atom stereocenters. The van der Waals surface area contributed by atoms with Gasteiger partial charge in [0, 0.05) is 11.7 Å². The molecule has 1 aromatic heterocycles. The van der Waals surface area contributed by atoms with Gasteiger partial charge in [-0.1, -0.05) is 32.0 Å². The maximum Gasteiger partial charge on any atom is 0.322 e. The van der Waals surface area contributed by atoms with Crippen molar-refractivity contribution in [1.82, 2.24) is 4.90 Å². The van der Waals surface area contributed by atoms with Crippen LogP contribution >= 0.6 is 0 Å². The fourth-order valence-electron chi connectivity index (χ4n) is 2.84. The first kappa shape index (κ1) is 15.7. The quantitative estimate of drug-likeness (QED) is 0.852. The highest BCUT2D eigenvalue weighted by atomic mass is 16.3. The predicted octanol–water partition coefficient (Wildman–Crippen LogP) is 4.91. The molecule has 23 heavy (non-hydrogen) atoms. The van der Waals surface area contributed by atoms with Crippen LogP contribution in [0.3, 0.4) is 0 Å². The number of nitrogens with one attached hydrogen (secondary N) is 1. The standard InChI is InChI=1S/C19H24N2O2/c1-13(2)17-8-4-6-14(3)18(17)20-19(22)21(15-9-10-15)12-16-7-5-11-23-16/h4-8,11,13,15H,9-10,12H2,1-3H3,(H,20,22). The highest BCUT2D eigenvalue weighted by Crippen LogP contribution is 2.31. The molecule has 1 aliphatic rings. The molecule has 122 valence electrons. The maximum absolute atomic E-state index is 12.8. The van der Waals surface area contributed by atoms with Crippen LogP contribution in [0, 0.1) is 6.92 Å². The van der Waals surface area contributed by atoms with Gasteiger partial charge < -0.3 is 14.6 Å². The number of para-hydroxylation sites is 1. The van der Waals surface area contributed by atoms with E-state index in [4.69, 9.17) is 4.42 Å². The maximum atomic E-state index is 12.8. The minimum atomic E-state index is -0.0416. The molecule has 4 heteroatoms. The average Bonchev–Trinajstić information content (AvgIpc) is 3.22. The third-order valence-electron chi connectivity index (χ3n) is 4.31. The Kier molecular flexibility index (Phi) is 4.42. The lowest BCUT2D eigenvalue weighted by Crippen LogP contribution is -2.36. The number of hydrogen-bond acceptors (Lipinski definition) is 2. The monoisotopic (exact) mass is 312 g/mol. The average molecular weight is 312 g/mol. The van der Waals surface area contributed by atoms with Gasteiger partial charge >= 0.3 is 6.03 Å². The van der Waals surface area contributed by atoms with Crippen molar-refractivity contribution in [1.29, 1.82) is 0 Å². The fourth-order valence-corrected chi connectivity index (χ4v) is 2.84. The minimum absolute atomic E-state index is 0.0416. The van der Waals surface area contributed by atoms with E-state index in [0.29, 0.717) is 18.5 Å². The Bertz CT molecular complexity index is 673. The lowest BCUT2D eigenvalue weighted by molar-refractivity contribution is 0.201. The Hall–Kier alpha value is -2.23. The second-order valence-electron chi connectivity index (χ2n) is 6.56. The van der Waals surface area contributed by atoms with Crippen molar-refractivity contribution in [2.45, 2.75) is 52.1 Å². The molecule has 2 aromatic rings. The molecule has 1 heterocycles. The first-order valence-electron chi connectivity index (χ1n) is 8.25. The summed E-state index contributed by atoms with van der Waals surface area (Å²) in [6, 6.07) is 10.2. The van der Waals surface area contributed by atoms with Crippen molar-refractivity contribution in [2.75, 3.05) is 5.32 Å². The summed E-state index contributed by atoms with van der Waals surface area (Å²) in [4.78, 5) is 14.7. The SMILES string of the molecule is Cc1cccc(C(C)C)c1NC(=O)N(Cc1ccco1)C1CC1. The molecule has 0 radical (unpaired) electrons. The smallest absolute Gasteiger partial charge is 0.322 e. The zero-order valence-corrected chi connectivity index (χ0v) is 14.0. The lowest BCUT2D eigenvalue weighted by Gasteiger charge is -2.24. The summed E-state index contributed by atoms with van der Waals surface area (Å²) in [5, 5.41) is 3.14. The van der Waals surface area contributed by atoms with E-state index < -0.39 is 0 Å². The van der Waals surface area contributed by atoms with Gasteiger partial charge in [-0.25, -0.2) is 4.79 Å². The number of urea groups is 1. The first-order chi connectivity index (χ1) is 11.1. The summed E-state index contributed by atoms with van der Waals surface area (Å²) >= 11 is 0. The summed E-state index contributed by atoms with van der Waals surface area (Å²) in [6.07, 6.45) is 3.79. The highest BCUT2D eigenvalue weighted by molar-refractivity contribution is 5.91. The number of amides is 2. The van der Waals surface area contributed by atoms with Crippen LogP contribution in [0.5, 0.6) is 0 Å². The number of aryl methyl sites for hydroxylation is 1. The van der Waals surface area contributed by atoms with Gasteiger partial charge in [0.2, 0.25) is 0 Å². The number of anilines is 1. The van der Waals surface area contributed by atoms with E-state index in [1.807, 2.05) is 36.1 Å². The Morgan fingerprint density at radius 1 is 1.30 bits per heavy atom. The van der Waals surface area contributed by atoms with Crippen LogP contribution in [0.15, 0.2) is 41.0 Å². The summed E-state index contributed by atoms with van der Waals surface area (Å²) in [7, 11) is 0. The third-order valence-corrected chi connectivity index (χ3v) is 4.31. The van der Waals surface area contributed by atoms with Gasteiger partial charge in [0.25, 0.3) is 0 Å². The molecule has 3 rings (SSSR count). The zero-order valence-electron chi connectivity index (χ0n) is 14.0. The molecule has 2 amide bonds. The Morgan fingerprint density at radius 2 is 2.09 bits per heavy atom. The van der Waals surface area contributed by atoms with E-state index in [-0.39, 0.29) is 6.03 Å². The van der Waals surface area contributed by atoms with E-state index in [1.165, 1.54) is 5.56 Å². The van der Waals surface area contributed by atoms with Crippen LogP contribution < -0.4 is 5.32 Å². The lowest BCUT2D eigenvalue weighted by atomic mass is 9.98. The molecule has 0 saturated heterocycles. The Balaban J connectivity index is 1.79. The van der Waals surface area contributed by atoms with Crippen LogP contribution in [0.1, 0.15) is 49.5 Å². The molecule has 0 bridgehead atoms. The van der Waals surface area contributed by atoms with Crippen LogP contribution in [0.2, 0.25) is 0 Å². The van der Waals surface area contributed by atoms with Gasteiger partial charge in [-0.15, -0.1) is 0 Å².